The van der Waals surface area contributed by atoms with Crippen LogP contribution in [0.2, 0.25) is 0 Å². The molecule has 2 saturated heterocycles. The number of aromatic nitrogens is 2. The molecule has 0 aliphatic carbocycles. The van der Waals surface area contributed by atoms with Gasteiger partial charge in [-0.2, -0.15) is 4.98 Å². The van der Waals surface area contributed by atoms with Crippen LogP contribution in [0.3, 0.4) is 0 Å². The smallest absolute Gasteiger partial charge is 0.229 e. The van der Waals surface area contributed by atoms with Crippen LogP contribution < -0.4 is 0 Å². The molecule has 2 fully saturated rings. The highest BCUT2D eigenvalue weighted by Gasteiger charge is 2.40. The van der Waals surface area contributed by atoms with Crippen LogP contribution in [0.25, 0.3) is 0 Å². The third kappa shape index (κ3) is 5.29. The van der Waals surface area contributed by atoms with Crippen molar-refractivity contribution in [3.8, 4) is 0 Å². The monoisotopic (exact) mass is 413 g/mol. The summed E-state index contributed by atoms with van der Waals surface area (Å²) < 4.78 is 16.6. The molecule has 2 aliphatic heterocycles. The normalized spacial score (nSPS) is 20.4. The second-order valence-corrected chi connectivity index (χ2v) is 8.80. The highest BCUT2D eigenvalue weighted by molar-refractivity contribution is 5.15. The van der Waals surface area contributed by atoms with Gasteiger partial charge in [-0.25, -0.2) is 0 Å². The Morgan fingerprint density at radius 3 is 2.63 bits per heavy atom. The molecule has 0 amide bonds. The molecule has 164 valence electrons. The second kappa shape index (κ2) is 10.5. The van der Waals surface area contributed by atoms with Gasteiger partial charge in [-0.15, -0.1) is 0 Å². The van der Waals surface area contributed by atoms with Crippen molar-refractivity contribution in [1.29, 1.82) is 0 Å². The summed E-state index contributed by atoms with van der Waals surface area (Å²) in [4.78, 5) is 7.49. The number of hydrogen-bond donors (Lipinski definition) is 0. The van der Waals surface area contributed by atoms with Crippen LogP contribution in [0.5, 0.6) is 0 Å². The van der Waals surface area contributed by atoms with Crippen molar-refractivity contribution in [2.24, 2.45) is 0 Å². The highest BCUT2D eigenvalue weighted by atomic mass is 16.5. The van der Waals surface area contributed by atoms with E-state index >= 15 is 0 Å². The van der Waals surface area contributed by atoms with Gasteiger partial charge in [0.1, 0.15) is 0 Å². The molecule has 2 aliphatic rings. The average molecular weight is 414 g/mol. The average Bonchev–Trinajstić information content (AvgIpc) is 3.31. The molecule has 0 N–H and O–H groups in total. The number of rotatable bonds is 9. The summed E-state index contributed by atoms with van der Waals surface area (Å²) >= 11 is 0. The number of piperidine rings is 1. The lowest BCUT2D eigenvalue weighted by Gasteiger charge is -2.40. The van der Waals surface area contributed by atoms with Crippen molar-refractivity contribution in [2.45, 2.75) is 56.3 Å². The molecular weight excluding hydrogens is 378 g/mol. The summed E-state index contributed by atoms with van der Waals surface area (Å²) in [6.45, 7) is 5.62. The van der Waals surface area contributed by atoms with Gasteiger partial charge >= 0.3 is 0 Å². The van der Waals surface area contributed by atoms with Crippen molar-refractivity contribution >= 4 is 0 Å². The number of hydrogen-bond acceptors (Lipinski definition) is 6. The zero-order chi connectivity index (χ0) is 20.7. The quantitative estimate of drug-likeness (QED) is 0.620. The van der Waals surface area contributed by atoms with E-state index in [-0.39, 0.29) is 5.41 Å². The number of likely N-dealkylation sites (tertiary alicyclic amines) is 1. The Morgan fingerprint density at radius 2 is 1.90 bits per heavy atom. The van der Waals surface area contributed by atoms with Crippen molar-refractivity contribution in [3.05, 3.63) is 47.6 Å². The second-order valence-electron chi connectivity index (χ2n) is 8.80. The maximum Gasteiger partial charge on any atom is 0.229 e. The van der Waals surface area contributed by atoms with Crippen LogP contribution >= 0.6 is 0 Å². The van der Waals surface area contributed by atoms with Crippen molar-refractivity contribution in [2.75, 3.05) is 46.6 Å². The lowest BCUT2D eigenvalue weighted by molar-refractivity contribution is 0.0778. The first-order chi connectivity index (χ1) is 14.8. The van der Waals surface area contributed by atoms with E-state index in [4.69, 9.17) is 19.0 Å². The van der Waals surface area contributed by atoms with Gasteiger partial charge in [-0.1, -0.05) is 35.5 Å². The highest BCUT2D eigenvalue weighted by Crippen LogP contribution is 2.38. The van der Waals surface area contributed by atoms with Crippen LogP contribution in [0.1, 0.15) is 61.7 Å². The molecule has 2 aromatic rings. The van der Waals surface area contributed by atoms with Crippen LogP contribution in [0, 0.1) is 0 Å². The van der Waals surface area contributed by atoms with Crippen molar-refractivity contribution in [1.82, 2.24) is 15.0 Å². The van der Waals surface area contributed by atoms with E-state index in [1.807, 2.05) is 0 Å². The maximum absolute atomic E-state index is 5.73. The molecule has 0 radical (unpaired) electrons. The number of ether oxygens (including phenoxy) is 2. The summed E-state index contributed by atoms with van der Waals surface area (Å²) in [7, 11) is 1.77. The predicted octanol–water partition coefficient (Wildman–Crippen LogP) is 3.97. The van der Waals surface area contributed by atoms with E-state index in [1.165, 1.54) is 12.0 Å². The Hall–Kier alpha value is -1.76. The fraction of sp³-hybridized carbons (Fsp3) is 0.667. The van der Waals surface area contributed by atoms with Gasteiger partial charge in [-0.05, 0) is 70.1 Å². The Morgan fingerprint density at radius 1 is 1.13 bits per heavy atom. The number of methoxy groups -OCH3 is 1. The molecule has 0 unspecified atom stereocenters. The fourth-order valence-electron chi connectivity index (χ4n) is 4.80. The van der Waals surface area contributed by atoms with Gasteiger partial charge in [0.2, 0.25) is 5.89 Å². The standard InChI is InChI=1S/C24H35N3O3/c1-28-19-13-24(23-25-22(30-26-23)21-9-17-29-18-10-21)11-15-27(16-12-24)14-5-8-20-6-3-2-4-7-20/h2-4,6-7,21H,5,8-19H2,1H3. The molecule has 0 bridgehead atoms. The van der Waals surface area contributed by atoms with E-state index in [1.54, 1.807) is 7.11 Å². The lowest BCUT2D eigenvalue weighted by atomic mass is 9.75. The van der Waals surface area contributed by atoms with Crippen LogP contribution in [-0.4, -0.2) is 61.6 Å². The summed E-state index contributed by atoms with van der Waals surface area (Å²) in [5, 5.41) is 4.47. The van der Waals surface area contributed by atoms with Gasteiger partial charge in [0.05, 0.1) is 0 Å². The van der Waals surface area contributed by atoms with E-state index in [2.05, 4.69) is 40.4 Å². The molecular formula is C24H35N3O3. The van der Waals surface area contributed by atoms with Gasteiger partial charge in [0.25, 0.3) is 0 Å². The number of benzene rings is 1. The molecule has 1 aromatic heterocycles. The topological polar surface area (TPSA) is 60.6 Å². The molecule has 0 spiro atoms. The first-order valence-corrected chi connectivity index (χ1v) is 11.5. The first kappa shape index (κ1) is 21.5. The minimum atomic E-state index is -0.0289. The molecule has 6 heteroatoms. The van der Waals surface area contributed by atoms with Crippen molar-refractivity contribution in [3.63, 3.8) is 0 Å². The number of aryl methyl sites for hydroxylation is 1. The maximum atomic E-state index is 5.73. The van der Waals surface area contributed by atoms with Crippen LogP contribution in [0.15, 0.2) is 34.9 Å². The minimum Gasteiger partial charge on any atom is -0.385 e. The zero-order valence-corrected chi connectivity index (χ0v) is 18.2. The molecule has 0 saturated carbocycles. The Balaban J connectivity index is 1.34. The third-order valence-corrected chi connectivity index (χ3v) is 6.87. The zero-order valence-electron chi connectivity index (χ0n) is 18.2. The van der Waals surface area contributed by atoms with E-state index in [0.717, 1.165) is 89.7 Å². The molecule has 30 heavy (non-hydrogen) atoms. The fourth-order valence-corrected chi connectivity index (χ4v) is 4.80. The summed E-state index contributed by atoms with van der Waals surface area (Å²) in [6, 6.07) is 10.8. The minimum absolute atomic E-state index is 0.0289. The Kier molecular flexibility index (Phi) is 7.52. The first-order valence-electron chi connectivity index (χ1n) is 11.5. The molecule has 0 atom stereocenters. The molecule has 4 rings (SSSR count). The van der Waals surface area contributed by atoms with Gasteiger partial charge in [0, 0.05) is 38.3 Å². The Bertz CT molecular complexity index is 750. The van der Waals surface area contributed by atoms with Gasteiger partial charge < -0.3 is 18.9 Å². The van der Waals surface area contributed by atoms with Crippen molar-refractivity contribution < 1.29 is 14.0 Å². The lowest BCUT2D eigenvalue weighted by Crippen LogP contribution is -2.44. The molecule has 3 heterocycles. The van der Waals surface area contributed by atoms with Gasteiger partial charge in [-0.3, -0.25) is 0 Å². The SMILES string of the molecule is COCCC1(c2noc(C3CCOCC3)n2)CCN(CCCc2ccccc2)CC1. The summed E-state index contributed by atoms with van der Waals surface area (Å²) in [5.41, 5.74) is 1.40. The Labute approximate surface area is 179 Å². The number of nitrogens with zero attached hydrogens (tertiary/aromatic N) is 3. The summed E-state index contributed by atoms with van der Waals surface area (Å²) in [6.07, 6.45) is 7.37. The molecule has 6 nitrogen and oxygen atoms in total. The van der Waals surface area contributed by atoms with Crippen LogP contribution in [0.4, 0.5) is 0 Å². The van der Waals surface area contributed by atoms with Crippen LogP contribution in [-0.2, 0) is 21.3 Å². The summed E-state index contributed by atoms with van der Waals surface area (Å²) in [5.74, 6) is 2.04. The molecule has 1 aromatic carbocycles. The van der Waals surface area contributed by atoms with E-state index in [9.17, 15) is 0 Å². The third-order valence-electron chi connectivity index (χ3n) is 6.87. The largest absolute Gasteiger partial charge is 0.385 e. The van der Waals surface area contributed by atoms with E-state index in [0.29, 0.717) is 5.92 Å². The van der Waals surface area contributed by atoms with E-state index < -0.39 is 0 Å². The van der Waals surface area contributed by atoms with Gasteiger partial charge in [0.15, 0.2) is 5.82 Å². The predicted molar refractivity (Wildman–Crippen MR) is 116 cm³/mol.